The highest BCUT2D eigenvalue weighted by atomic mass is 35.5. The van der Waals surface area contributed by atoms with Crippen LogP contribution in [0.5, 0.6) is 0 Å². The number of amides is 1. The molecule has 11 nitrogen and oxygen atoms in total. The first-order valence-electron chi connectivity index (χ1n) is 14.2. The van der Waals surface area contributed by atoms with E-state index in [2.05, 4.69) is 44.6 Å². The molecular weight excluding hydrogens is 570 g/mol. The van der Waals surface area contributed by atoms with Crippen LogP contribution in [0.2, 0.25) is 5.02 Å². The number of carbonyl (C=O) groups is 2. The molecule has 2 aromatic heterocycles. The number of benzene rings is 2. The van der Waals surface area contributed by atoms with Gasteiger partial charge in [0.2, 0.25) is 5.43 Å². The third-order valence-electron chi connectivity index (χ3n) is 8.24. The molecule has 0 bridgehead atoms. The Bertz CT molecular complexity index is 1690. The van der Waals surface area contributed by atoms with E-state index in [1.165, 1.54) is 28.3 Å². The third-order valence-corrected chi connectivity index (χ3v) is 8.49. The molecule has 2 fully saturated rings. The van der Waals surface area contributed by atoms with Crippen LogP contribution in [0.4, 0.5) is 0 Å². The summed E-state index contributed by atoms with van der Waals surface area (Å²) in [6.45, 7) is 4.63. The first kappa shape index (κ1) is 28.8. The highest BCUT2D eigenvalue weighted by molar-refractivity contribution is 6.30. The number of halogens is 1. The van der Waals surface area contributed by atoms with Crippen molar-refractivity contribution >= 4 is 23.5 Å². The fraction of sp³-hybridized carbons (Fsp3) is 0.355. The van der Waals surface area contributed by atoms with Gasteiger partial charge < -0.3 is 9.64 Å². The predicted molar refractivity (Wildman–Crippen MR) is 159 cm³/mol. The van der Waals surface area contributed by atoms with Gasteiger partial charge in [-0.05, 0) is 49.7 Å². The summed E-state index contributed by atoms with van der Waals surface area (Å²) < 4.78 is 8.28. The second-order valence-corrected chi connectivity index (χ2v) is 11.5. The van der Waals surface area contributed by atoms with Gasteiger partial charge in [-0.3, -0.25) is 14.5 Å². The summed E-state index contributed by atoms with van der Waals surface area (Å²) in [4.78, 5) is 43.4. The van der Waals surface area contributed by atoms with Crippen LogP contribution in [0, 0.1) is 6.92 Å². The van der Waals surface area contributed by atoms with Gasteiger partial charge in [0.15, 0.2) is 5.69 Å². The van der Waals surface area contributed by atoms with Crippen molar-refractivity contribution in [1.29, 1.82) is 0 Å². The van der Waals surface area contributed by atoms with Crippen LogP contribution in [0.15, 0.2) is 71.7 Å². The Morgan fingerprint density at radius 3 is 2.58 bits per heavy atom. The van der Waals surface area contributed by atoms with Gasteiger partial charge in [-0.15, -0.1) is 5.10 Å². The Morgan fingerprint density at radius 2 is 1.84 bits per heavy atom. The van der Waals surface area contributed by atoms with Crippen molar-refractivity contribution in [2.75, 3.05) is 26.7 Å². The fourth-order valence-corrected chi connectivity index (χ4v) is 6.11. The zero-order chi connectivity index (χ0) is 30.1. The van der Waals surface area contributed by atoms with Crippen LogP contribution < -0.4 is 5.43 Å². The predicted octanol–water partition coefficient (Wildman–Crippen LogP) is 3.40. The quantitative estimate of drug-likeness (QED) is 0.296. The number of methoxy groups -OCH3 is 1. The number of aryl methyl sites for hydroxylation is 1. The molecule has 0 N–H and O–H groups in total. The van der Waals surface area contributed by atoms with E-state index >= 15 is 0 Å². The molecule has 1 amide bonds. The molecule has 6 rings (SSSR count). The van der Waals surface area contributed by atoms with E-state index in [1.54, 1.807) is 35.9 Å². The van der Waals surface area contributed by atoms with Gasteiger partial charge in [0, 0.05) is 55.0 Å². The molecule has 4 aromatic rings. The van der Waals surface area contributed by atoms with Gasteiger partial charge in [-0.25, -0.2) is 14.2 Å². The molecule has 0 aliphatic carbocycles. The Hall–Kier alpha value is -4.35. The van der Waals surface area contributed by atoms with Crippen molar-refractivity contribution in [2.45, 2.75) is 44.3 Å². The zero-order valence-electron chi connectivity index (χ0n) is 24.0. The number of aromatic nitrogens is 5. The van der Waals surface area contributed by atoms with E-state index in [-0.39, 0.29) is 30.6 Å². The lowest BCUT2D eigenvalue weighted by Gasteiger charge is -2.22. The van der Waals surface area contributed by atoms with Crippen LogP contribution >= 0.6 is 11.6 Å². The number of rotatable bonds is 7. The number of likely N-dealkylation sites (tertiary alicyclic amines) is 2. The van der Waals surface area contributed by atoms with Gasteiger partial charge in [-0.1, -0.05) is 47.1 Å². The number of carbonyl (C=O) groups excluding carboxylic acids is 2. The minimum Gasteiger partial charge on any atom is -0.467 e. The average molecular weight is 602 g/mol. The Balaban J connectivity index is 1.21. The third kappa shape index (κ3) is 5.95. The lowest BCUT2D eigenvalue weighted by molar-refractivity contribution is -0.145. The first-order chi connectivity index (χ1) is 20.8. The molecule has 3 atom stereocenters. The molecule has 222 valence electrons. The second-order valence-electron chi connectivity index (χ2n) is 11.1. The Morgan fingerprint density at radius 1 is 1.07 bits per heavy atom. The van der Waals surface area contributed by atoms with E-state index in [0.717, 1.165) is 31.7 Å². The van der Waals surface area contributed by atoms with Crippen molar-refractivity contribution in [3.05, 3.63) is 105 Å². The molecule has 4 heterocycles. The van der Waals surface area contributed by atoms with E-state index < -0.39 is 23.3 Å². The van der Waals surface area contributed by atoms with Crippen molar-refractivity contribution in [1.82, 2.24) is 34.6 Å². The van der Waals surface area contributed by atoms with Crippen LogP contribution in [0.3, 0.4) is 0 Å². The maximum absolute atomic E-state index is 13.8. The number of esters is 1. The highest BCUT2D eigenvalue weighted by Crippen LogP contribution is 2.31. The van der Waals surface area contributed by atoms with Gasteiger partial charge in [0.05, 0.1) is 24.5 Å². The van der Waals surface area contributed by atoms with Crippen molar-refractivity contribution in [3.63, 3.8) is 0 Å². The van der Waals surface area contributed by atoms with Crippen LogP contribution in [-0.2, 0) is 16.1 Å². The van der Waals surface area contributed by atoms with E-state index in [0.29, 0.717) is 16.4 Å². The minimum absolute atomic E-state index is 0.155. The zero-order valence-corrected chi connectivity index (χ0v) is 24.7. The average Bonchev–Trinajstić information content (AvgIpc) is 3.78. The SMILES string of the molecule is COC(=O)[C@@H]1C[C@@H](n2cc(C3CCN(Cc4ccccc4)C3)nn2)CN1C(=O)c1nn(-c2ccc(Cl)cc2)c(C)cc1=O. The molecule has 43 heavy (non-hydrogen) atoms. The standard InChI is InChI=1S/C31H32ClN7O4/c1-20-14-28(40)29(34-39(20)24-10-8-23(32)9-11-24)30(41)37-18-25(15-27(37)31(42)43-2)38-19-26(33-35-38)22-12-13-36(17-22)16-21-6-4-3-5-7-21/h3-11,14,19,22,25,27H,12-13,15-18H2,1-2H3/t22?,25-,27+/m1/s1. The lowest BCUT2D eigenvalue weighted by atomic mass is 10.1. The molecule has 2 aliphatic rings. The van der Waals surface area contributed by atoms with E-state index in [4.69, 9.17) is 16.3 Å². The summed E-state index contributed by atoms with van der Waals surface area (Å²) in [5, 5.41) is 13.8. The van der Waals surface area contributed by atoms with Crippen molar-refractivity contribution in [3.8, 4) is 5.69 Å². The van der Waals surface area contributed by atoms with Crippen LogP contribution in [-0.4, -0.2) is 79.2 Å². The highest BCUT2D eigenvalue weighted by Gasteiger charge is 2.43. The minimum atomic E-state index is -0.894. The number of hydrogen-bond donors (Lipinski definition) is 0. The second kappa shape index (κ2) is 12.1. The molecule has 0 spiro atoms. The van der Waals surface area contributed by atoms with Crippen molar-refractivity contribution < 1.29 is 14.3 Å². The topological polar surface area (TPSA) is 115 Å². The summed E-state index contributed by atoms with van der Waals surface area (Å²) in [7, 11) is 1.28. The maximum atomic E-state index is 13.8. The fourth-order valence-electron chi connectivity index (χ4n) is 5.98. The van der Waals surface area contributed by atoms with E-state index in [1.807, 2.05) is 12.3 Å². The number of nitrogens with zero attached hydrogens (tertiary/aromatic N) is 7. The van der Waals surface area contributed by atoms with Gasteiger partial charge in [0.25, 0.3) is 5.91 Å². The lowest BCUT2D eigenvalue weighted by Crippen LogP contribution is -2.43. The Kier molecular flexibility index (Phi) is 8.09. The van der Waals surface area contributed by atoms with Crippen molar-refractivity contribution in [2.24, 2.45) is 0 Å². The summed E-state index contributed by atoms with van der Waals surface area (Å²) in [5.74, 6) is -0.955. The molecule has 2 aromatic carbocycles. The summed E-state index contributed by atoms with van der Waals surface area (Å²) in [5.41, 5.74) is 2.56. The summed E-state index contributed by atoms with van der Waals surface area (Å²) in [6.07, 6.45) is 3.18. The largest absolute Gasteiger partial charge is 0.467 e. The monoisotopic (exact) mass is 601 g/mol. The van der Waals surface area contributed by atoms with Gasteiger partial charge in [-0.2, -0.15) is 5.10 Å². The molecule has 2 saturated heterocycles. The molecular formula is C31H32ClN7O4. The van der Waals surface area contributed by atoms with E-state index in [9.17, 15) is 14.4 Å². The molecule has 12 heteroatoms. The maximum Gasteiger partial charge on any atom is 0.328 e. The van der Waals surface area contributed by atoms with Gasteiger partial charge in [0.1, 0.15) is 6.04 Å². The number of hydrogen-bond acceptors (Lipinski definition) is 8. The summed E-state index contributed by atoms with van der Waals surface area (Å²) in [6, 6.07) is 17.4. The molecule has 2 aliphatic heterocycles. The molecule has 0 radical (unpaired) electrons. The molecule has 1 unspecified atom stereocenters. The molecule has 0 saturated carbocycles. The number of ether oxygens (including phenoxy) is 1. The normalized spacial score (nSPS) is 20.4. The first-order valence-corrected chi connectivity index (χ1v) is 14.6. The smallest absolute Gasteiger partial charge is 0.328 e. The Labute approximate surface area is 253 Å². The van der Waals surface area contributed by atoms with Crippen LogP contribution in [0.25, 0.3) is 5.69 Å². The van der Waals surface area contributed by atoms with Gasteiger partial charge >= 0.3 is 5.97 Å². The van der Waals surface area contributed by atoms with Crippen LogP contribution in [0.1, 0.15) is 52.2 Å². The summed E-state index contributed by atoms with van der Waals surface area (Å²) >= 11 is 6.03.